The second-order valence-corrected chi connectivity index (χ2v) is 8.40. The van der Waals surface area contributed by atoms with Crippen LogP contribution in [-0.2, 0) is 17.7 Å². The molecule has 1 N–H and O–H groups in total. The van der Waals surface area contributed by atoms with Crippen LogP contribution >= 0.6 is 22.9 Å². The van der Waals surface area contributed by atoms with Crippen molar-refractivity contribution in [3.05, 3.63) is 45.3 Å². The molecular formula is C19H18ClN5O3S. The zero-order valence-corrected chi connectivity index (χ0v) is 17.2. The molecule has 10 heteroatoms. The number of carbonyl (C=O) groups excluding carboxylic acids is 2. The molecule has 8 nitrogen and oxygen atoms in total. The Balaban J connectivity index is 1.44. The Morgan fingerprint density at radius 3 is 2.93 bits per heavy atom. The molecule has 1 atom stereocenters. The third-order valence-corrected chi connectivity index (χ3v) is 6.59. The maximum atomic E-state index is 13.2. The van der Waals surface area contributed by atoms with E-state index < -0.39 is 6.29 Å². The van der Waals surface area contributed by atoms with Gasteiger partial charge in [0.1, 0.15) is 11.3 Å². The van der Waals surface area contributed by atoms with Crippen LogP contribution in [0.1, 0.15) is 27.7 Å². The summed E-state index contributed by atoms with van der Waals surface area (Å²) < 4.78 is 5.12. The quantitative estimate of drug-likeness (QED) is 0.787. The predicted molar refractivity (Wildman–Crippen MR) is 111 cm³/mol. The molecule has 4 heterocycles. The summed E-state index contributed by atoms with van der Waals surface area (Å²) >= 11 is 7.51. The van der Waals surface area contributed by atoms with Gasteiger partial charge in [-0.05, 0) is 43.2 Å². The summed E-state index contributed by atoms with van der Waals surface area (Å²) in [7, 11) is 0. The fourth-order valence-corrected chi connectivity index (χ4v) is 5.20. The normalized spacial score (nSPS) is 19.6. The molecule has 0 aliphatic carbocycles. The summed E-state index contributed by atoms with van der Waals surface area (Å²) in [4.78, 5) is 29.9. The number of halogens is 1. The van der Waals surface area contributed by atoms with E-state index in [9.17, 15) is 9.59 Å². The van der Waals surface area contributed by atoms with Crippen LogP contribution in [0.15, 0.2) is 29.4 Å². The number of rotatable bonds is 2. The lowest BCUT2D eigenvalue weighted by Crippen LogP contribution is -2.51. The average Bonchev–Trinajstić information content (AvgIpc) is 3.30. The Labute approximate surface area is 176 Å². The van der Waals surface area contributed by atoms with Crippen LogP contribution in [0.3, 0.4) is 0 Å². The lowest BCUT2D eigenvalue weighted by Gasteiger charge is -2.34. The molecule has 0 radical (unpaired) electrons. The van der Waals surface area contributed by atoms with Crippen LogP contribution in [0.5, 0.6) is 0 Å². The van der Waals surface area contributed by atoms with Gasteiger partial charge in [-0.1, -0.05) is 11.6 Å². The number of benzene rings is 1. The third kappa shape index (κ3) is 2.92. The number of hydrazone groups is 1. The van der Waals surface area contributed by atoms with Gasteiger partial charge < -0.3 is 15.0 Å². The molecule has 3 aliphatic heterocycles. The largest absolute Gasteiger partial charge is 0.450 e. The molecule has 2 amide bonds. The molecule has 1 aromatic carbocycles. The Bertz CT molecular complexity index is 1020. The van der Waals surface area contributed by atoms with Gasteiger partial charge in [0.05, 0.1) is 18.7 Å². The minimum absolute atomic E-state index is 0.126. The highest BCUT2D eigenvalue weighted by molar-refractivity contribution is 7.16. The summed E-state index contributed by atoms with van der Waals surface area (Å²) in [6.45, 7) is 3.12. The van der Waals surface area contributed by atoms with Crippen LogP contribution in [0.4, 0.5) is 15.5 Å². The van der Waals surface area contributed by atoms with Gasteiger partial charge in [-0.2, -0.15) is 10.1 Å². The van der Waals surface area contributed by atoms with Crippen molar-refractivity contribution in [2.45, 2.75) is 26.2 Å². The van der Waals surface area contributed by atoms with Crippen LogP contribution in [0, 0.1) is 0 Å². The first-order chi connectivity index (χ1) is 14.1. The Morgan fingerprint density at radius 1 is 1.38 bits per heavy atom. The molecule has 0 saturated carbocycles. The minimum Gasteiger partial charge on any atom is -0.450 e. The van der Waals surface area contributed by atoms with Crippen LogP contribution < -0.4 is 10.2 Å². The molecule has 2 aromatic rings. The first-order valence-electron chi connectivity index (χ1n) is 9.31. The Morgan fingerprint density at radius 2 is 2.17 bits per heavy atom. The number of thiophene rings is 1. The topological polar surface area (TPSA) is 77.5 Å². The van der Waals surface area contributed by atoms with Gasteiger partial charge in [-0.25, -0.2) is 4.79 Å². The molecule has 0 fully saturated rings. The molecule has 1 aromatic heterocycles. The van der Waals surface area contributed by atoms with E-state index in [-0.39, 0.29) is 12.0 Å². The zero-order valence-electron chi connectivity index (χ0n) is 15.6. The second kappa shape index (κ2) is 6.93. The molecule has 0 spiro atoms. The monoisotopic (exact) mass is 431 g/mol. The molecular weight excluding hydrogens is 414 g/mol. The Kier molecular flexibility index (Phi) is 4.36. The number of nitrogens with zero attached hydrogens (tertiary/aromatic N) is 4. The smallest absolute Gasteiger partial charge is 0.410 e. The zero-order chi connectivity index (χ0) is 20.1. The van der Waals surface area contributed by atoms with E-state index in [0.29, 0.717) is 36.7 Å². The highest BCUT2D eigenvalue weighted by atomic mass is 35.5. The van der Waals surface area contributed by atoms with Crippen LogP contribution in [0.25, 0.3) is 0 Å². The second-order valence-electron chi connectivity index (χ2n) is 6.86. The van der Waals surface area contributed by atoms with Gasteiger partial charge in [0.25, 0.3) is 5.91 Å². The summed E-state index contributed by atoms with van der Waals surface area (Å²) in [5.41, 5.74) is 2.55. The molecule has 150 valence electrons. The van der Waals surface area contributed by atoms with E-state index in [4.69, 9.17) is 16.3 Å². The first-order valence-corrected chi connectivity index (χ1v) is 10.5. The highest BCUT2D eigenvalue weighted by Crippen LogP contribution is 2.42. The van der Waals surface area contributed by atoms with Crippen molar-refractivity contribution < 1.29 is 14.3 Å². The number of anilines is 2. The molecule has 0 bridgehead atoms. The summed E-state index contributed by atoms with van der Waals surface area (Å²) in [5, 5.41) is 10.7. The molecule has 29 heavy (non-hydrogen) atoms. The number of nitrogens with one attached hydrogen (secondary N) is 1. The lowest BCUT2D eigenvalue weighted by atomic mass is 10.0. The predicted octanol–water partition coefficient (Wildman–Crippen LogP) is 3.53. The van der Waals surface area contributed by atoms with Gasteiger partial charge in [0.2, 0.25) is 6.29 Å². The minimum atomic E-state index is -0.433. The van der Waals surface area contributed by atoms with Gasteiger partial charge >= 0.3 is 6.09 Å². The van der Waals surface area contributed by atoms with Crippen molar-refractivity contribution >= 4 is 52.0 Å². The Hall–Kier alpha value is -2.78. The van der Waals surface area contributed by atoms with Crippen LogP contribution in [-0.4, -0.2) is 47.7 Å². The average molecular weight is 432 g/mol. The SMILES string of the molecule is CCOC(=O)N1CCc2c(sc3c2C(=O)N2N=CN(c4ccc(Cl)cc4)C2N3)C1. The maximum Gasteiger partial charge on any atom is 0.410 e. The summed E-state index contributed by atoms with van der Waals surface area (Å²) in [6, 6.07) is 7.38. The van der Waals surface area contributed by atoms with Gasteiger partial charge in [-0.3, -0.25) is 9.69 Å². The summed E-state index contributed by atoms with van der Waals surface area (Å²) in [5.74, 6) is -0.126. The van der Waals surface area contributed by atoms with Crippen molar-refractivity contribution in [1.82, 2.24) is 9.91 Å². The number of carbonyl (C=O) groups is 2. The van der Waals surface area contributed by atoms with Crippen LogP contribution in [0.2, 0.25) is 5.02 Å². The third-order valence-electron chi connectivity index (χ3n) is 5.19. The van der Waals surface area contributed by atoms with Gasteiger partial charge in [-0.15, -0.1) is 11.3 Å². The maximum absolute atomic E-state index is 13.2. The van der Waals surface area contributed by atoms with E-state index in [2.05, 4.69) is 10.4 Å². The number of hydrogen-bond donors (Lipinski definition) is 1. The fraction of sp³-hybridized carbons (Fsp3) is 0.316. The first kappa shape index (κ1) is 18.3. The molecule has 3 aliphatic rings. The molecule has 5 rings (SSSR count). The molecule has 0 saturated heterocycles. The van der Waals surface area contributed by atoms with Crippen molar-refractivity contribution in [2.75, 3.05) is 23.4 Å². The van der Waals surface area contributed by atoms with Crippen molar-refractivity contribution in [3.8, 4) is 0 Å². The van der Waals surface area contributed by atoms with E-state index in [1.165, 1.54) is 16.3 Å². The van der Waals surface area contributed by atoms with E-state index in [0.717, 1.165) is 21.1 Å². The number of hydrogen-bond acceptors (Lipinski definition) is 7. The fourth-order valence-electron chi connectivity index (χ4n) is 3.80. The van der Waals surface area contributed by atoms with Gasteiger partial charge in [0, 0.05) is 22.1 Å². The summed E-state index contributed by atoms with van der Waals surface area (Å²) in [6.07, 6.45) is 1.52. The van der Waals surface area contributed by atoms with Gasteiger partial charge in [0.15, 0.2) is 0 Å². The highest BCUT2D eigenvalue weighted by Gasteiger charge is 2.43. The van der Waals surface area contributed by atoms with Crippen molar-refractivity contribution in [2.24, 2.45) is 5.10 Å². The lowest BCUT2D eigenvalue weighted by molar-refractivity contribution is 0.0718. The van der Waals surface area contributed by atoms with Crippen molar-refractivity contribution in [3.63, 3.8) is 0 Å². The van der Waals surface area contributed by atoms with Crippen molar-refractivity contribution in [1.29, 1.82) is 0 Å². The number of ether oxygens (including phenoxy) is 1. The van der Waals surface area contributed by atoms with E-state index in [1.807, 2.05) is 17.0 Å². The number of fused-ring (bicyclic) bond motifs is 4. The van der Waals surface area contributed by atoms with E-state index >= 15 is 0 Å². The number of amides is 2. The molecule has 1 unspecified atom stereocenters. The van der Waals surface area contributed by atoms with E-state index in [1.54, 1.807) is 30.3 Å². The standard InChI is InChI=1S/C19H18ClN5O3S/c1-2-28-19(27)23-8-7-13-14(9-23)29-16-15(13)17(26)25-18(22-16)24(10-21-25)12-5-3-11(20)4-6-12/h3-6,10,18,22H,2,7-9H2,1H3.